The number of rotatable bonds is 3. The fourth-order valence-electron chi connectivity index (χ4n) is 2.20. The number of hydrogen-bond donors (Lipinski definition) is 2. The Morgan fingerprint density at radius 2 is 1.70 bits per heavy atom. The minimum absolute atomic E-state index is 0.108. The molecule has 0 spiro atoms. The molecule has 0 aliphatic heterocycles. The zero-order valence-corrected chi connectivity index (χ0v) is 10.9. The summed E-state index contributed by atoms with van der Waals surface area (Å²) in [7, 11) is 0. The van der Waals surface area contributed by atoms with Crippen molar-refractivity contribution < 1.29 is 0 Å². The normalized spacial score (nSPS) is 12.4. The Hall–Kier alpha value is -2.53. The number of nitrogens with zero attached hydrogens (tertiary/aromatic N) is 3. The highest BCUT2D eigenvalue weighted by Gasteiger charge is 2.09. The summed E-state index contributed by atoms with van der Waals surface area (Å²) in [6.45, 7) is 0. The first-order valence-electron chi connectivity index (χ1n) is 6.39. The standard InChI is InChI=1S/C15H15N5/c16-12(7-10-3-4-20-15(17)8-10)11-1-2-13-14(9-11)19-6-5-18-13/h1-6,8-9,12H,7,16H2,(H2,17,20). The maximum Gasteiger partial charge on any atom is 0.123 e. The molecule has 0 fully saturated rings. The molecule has 4 N–H and O–H groups in total. The van der Waals surface area contributed by atoms with Gasteiger partial charge in [-0.3, -0.25) is 9.97 Å². The molecular formula is C15H15N5. The molecule has 5 nitrogen and oxygen atoms in total. The lowest BCUT2D eigenvalue weighted by atomic mass is 10.00. The van der Waals surface area contributed by atoms with E-state index >= 15 is 0 Å². The van der Waals surface area contributed by atoms with E-state index in [1.165, 1.54) is 0 Å². The lowest BCUT2D eigenvalue weighted by Crippen LogP contribution is -2.13. The second kappa shape index (κ2) is 5.22. The molecule has 0 aliphatic carbocycles. The van der Waals surface area contributed by atoms with Gasteiger partial charge >= 0.3 is 0 Å². The molecule has 2 aromatic heterocycles. The molecule has 5 heteroatoms. The van der Waals surface area contributed by atoms with E-state index in [4.69, 9.17) is 11.5 Å². The molecule has 20 heavy (non-hydrogen) atoms. The van der Waals surface area contributed by atoms with Gasteiger partial charge in [0.25, 0.3) is 0 Å². The predicted molar refractivity (Wildman–Crippen MR) is 78.8 cm³/mol. The second-order valence-corrected chi connectivity index (χ2v) is 4.70. The van der Waals surface area contributed by atoms with Crippen LogP contribution in [0.25, 0.3) is 11.0 Å². The van der Waals surface area contributed by atoms with Crippen LogP contribution in [-0.4, -0.2) is 15.0 Å². The highest BCUT2D eigenvalue weighted by Crippen LogP contribution is 2.19. The van der Waals surface area contributed by atoms with Crippen molar-refractivity contribution in [3.8, 4) is 0 Å². The van der Waals surface area contributed by atoms with E-state index in [2.05, 4.69) is 15.0 Å². The Kier molecular flexibility index (Phi) is 3.26. The largest absolute Gasteiger partial charge is 0.384 e. The van der Waals surface area contributed by atoms with Crippen molar-refractivity contribution in [2.75, 3.05) is 5.73 Å². The third-order valence-corrected chi connectivity index (χ3v) is 3.22. The third kappa shape index (κ3) is 2.57. The SMILES string of the molecule is Nc1cc(CC(N)c2ccc3nccnc3c2)ccn1. The molecular weight excluding hydrogens is 250 g/mol. The van der Waals surface area contributed by atoms with Gasteiger partial charge in [0.05, 0.1) is 11.0 Å². The zero-order valence-electron chi connectivity index (χ0n) is 10.9. The van der Waals surface area contributed by atoms with Crippen molar-refractivity contribution in [2.45, 2.75) is 12.5 Å². The van der Waals surface area contributed by atoms with Gasteiger partial charge in [0.2, 0.25) is 0 Å². The minimum Gasteiger partial charge on any atom is -0.384 e. The van der Waals surface area contributed by atoms with Crippen LogP contribution in [0.1, 0.15) is 17.2 Å². The molecule has 0 saturated carbocycles. The van der Waals surface area contributed by atoms with Gasteiger partial charge in [-0.25, -0.2) is 4.98 Å². The van der Waals surface area contributed by atoms with Crippen LogP contribution in [0, 0.1) is 0 Å². The molecule has 1 unspecified atom stereocenters. The Labute approximate surface area is 116 Å². The monoisotopic (exact) mass is 265 g/mol. The Morgan fingerprint density at radius 3 is 2.50 bits per heavy atom. The van der Waals surface area contributed by atoms with Gasteiger partial charge < -0.3 is 11.5 Å². The van der Waals surface area contributed by atoms with E-state index < -0.39 is 0 Å². The van der Waals surface area contributed by atoms with Crippen LogP contribution in [-0.2, 0) is 6.42 Å². The van der Waals surface area contributed by atoms with Gasteiger partial charge in [-0.15, -0.1) is 0 Å². The van der Waals surface area contributed by atoms with Crippen molar-refractivity contribution >= 4 is 16.9 Å². The van der Waals surface area contributed by atoms with Crippen LogP contribution in [0.5, 0.6) is 0 Å². The molecule has 1 atom stereocenters. The Bertz CT molecular complexity index is 741. The van der Waals surface area contributed by atoms with Crippen LogP contribution in [0.4, 0.5) is 5.82 Å². The number of hydrogen-bond acceptors (Lipinski definition) is 5. The number of aromatic nitrogens is 3. The molecule has 0 radical (unpaired) electrons. The molecule has 100 valence electrons. The molecule has 1 aromatic carbocycles. The van der Waals surface area contributed by atoms with Crippen LogP contribution in [0.15, 0.2) is 48.9 Å². The summed E-state index contributed by atoms with van der Waals surface area (Å²) >= 11 is 0. The first-order valence-corrected chi connectivity index (χ1v) is 6.39. The summed E-state index contributed by atoms with van der Waals surface area (Å²) in [5.74, 6) is 0.513. The van der Waals surface area contributed by atoms with Crippen LogP contribution < -0.4 is 11.5 Å². The maximum absolute atomic E-state index is 6.26. The smallest absolute Gasteiger partial charge is 0.123 e. The topological polar surface area (TPSA) is 90.7 Å². The van der Waals surface area contributed by atoms with Gasteiger partial charge in [0.1, 0.15) is 5.82 Å². The number of nitrogen functional groups attached to an aromatic ring is 1. The van der Waals surface area contributed by atoms with Gasteiger partial charge in [-0.1, -0.05) is 6.07 Å². The van der Waals surface area contributed by atoms with Crippen molar-refractivity contribution in [1.82, 2.24) is 15.0 Å². The number of benzene rings is 1. The first kappa shape index (κ1) is 12.5. The summed E-state index contributed by atoms with van der Waals surface area (Å²) in [4.78, 5) is 12.5. The summed E-state index contributed by atoms with van der Waals surface area (Å²) in [5.41, 5.74) is 15.8. The van der Waals surface area contributed by atoms with E-state index in [0.717, 1.165) is 22.2 Å². The highest BCUT2D eigenvalue weighted by molar-refractivity contribution is 5.74. The quantitative estimate of drug-likeness (QED) is 0.754. The van der Waals surface area contributed by atoms with E-state index in [9.17, 15) is 0 Å². The Balaban J connectivity index is 1.86. The molecule has 0 amide bonds. The maximum atomic E-state index is 6.26. The summed E-state index contributed by atoms with van der Waals surface area (Å²) in [6.07, 6.45) is 5.77. The van der Waals surface area contributed by atoms with Crippen molar-refractivity contribution in [1.29, 1.82) is 0 Å². The van der Waals surface area contributed by atoms with Gasteiger partial charge in [0.15, 0.2) is 0 Å². The summed E-state index contributed by atoms with van der Waals surface area (Å²) in [5, 5.41) is 0. The number of nitrogens with two attached hydrogens (primary N) is 2. The van der Waals surface area contributed by atoms with Gasteiger partial charge in [-0.2, -0.15) is 0 Å². The van der Waals surface area contributed by atoms with Crippen LogP contribution >= 0.6 is 0 Å². The summed E-state index contributed by atoms with van der Waals surface area (Å²) in [6, 6.07) is 9.59. The fourth-order valence-corrected chi connectivity index (χ4v) is 2.20. The lowest BCUT2D eigenvalue weighted by Gasteiger charge is -2.12. The first-order chi connectivity index (χ1) is 9.72. The fraction of sp³-hybridized carbons (Fsp3) is 0.133. The van der Waals surface area contributed by atoms with Gasteiger partial charge in [-0.05, 0) is 41.8 Å². The minimum atomic E-state index is -0.108. The second-order valence-electron chi connectivity index (χ2n) is 4.70. The van der Waals surface area contributed by atoms with Crippen molar-refractivity contribution in [3.63, 3.8) is 0 Å². The lowest BCUT2D eigenvalue weighted by molar-refractivity contribution is 0.722. The molecule has 0 aliphatic rings. The van der Waals surface area contributed by atoms with Crippen LogP contribution in [0.3, 0.4) is 0 Å². The molecule has 0 saturated heterocycles. The van der Waals surface area contributed by atoms with Crippen molar-refractivity contribution in [3.05, 3.63) is 60.0 Å². The zero-order chi connectivity index (χ0) is 13.9. The van der Waals surface area contributed by atoms with E-state index in [1.54, 1.807) is 18.6 Å². The van der Waals surface area contributed by atoms with E-state index in [0.29, 0.717) is 12.2 Å². The van der Waals surface area contributed by atoms with Gasteiger partial charge in [0, 0.05) is 24.6 Å². The number of anilines is 1. The molecule has 2 heterocycles. The highest BCUT2D eigenvalue weighted by atomic mass is 14.8. The van der Waals surface area contributed by atoms with Crippen LogP contribution in [0.2, 0.25) is 0 Å². The molecule has 3 rings (SSSR count). The number of pyridine rings is 1. The summed E-state index contributed by atoms with van der Waals surface area (Å²) < 4.78 is 0. The van der Waals surface area contributed by atoms with E-state index in [-0.39, 0.29) is 6.04 Å². The van der Waals surface area contributed by atoms with Crippen molar-refractivity contribution in [2.24, 2.45) is 5.73 Å². The third-order valence-electron chi connectivity index (χ3n) is 3.22. The Morgan fingerprint density at radius 1 is 0.900 bits per heavy atom. The molecule has 0 bridgehead atoms. The number of fused-ring (bicyclic) bond motifs is 1. The average molecular weight is 265 g/mol. The predicted octanol–water partition coefficient (Wildman–Crippen LogP) is 1.85. The van der Waals surface area contributed by atoms with E-state index in [1.807, 2.05) is 30.3 Å². The average Bonchev–Trinajstić information content (AvgIpc) is 2.47. The molecule has 3 aromatic rings.